The smallest absolute Gasteiger partial charge is 0.220 e. The zero-order chi connectivity index (χ0) is 16.2. The number of nitrogens with zero attached hydrogens (tertiary/aromatic N) is 3. The second-order valence-corrected chi connectivity index (χ2v) is 6.44. The number of hydrogen-bond acceptors (Lipinski definition) is 4. The van der Waals surface area contributed by atoms with Gasteiger partial charge in [0.15, 0.2) is 0 Å². The van der Waals surface area contributed by atoms with Gasteiger partial charge in [-0.3, -0.25) is 14.4 Å². The van der Waals surface area contributed by atoms with Gasteiger partial charge in [0, 0.05) is 19.3 Å². The quantitative estimate of drug-likeness (QED) is 0.798. The van der Waals surface area contributed by atoms with Crippen molar-refractivity contribution in [2.45, 2.75) is 64.1 Å². The average molecular weight is 308 g/mol. The SMILES string of the molecule is CCC(CC)n1ccc(CN2CCCC(O)(CC(N)=O)C2)n1. The van der Waals surface area contributed by atoms with Crippen LogP contribution < -0.4 is 5.73 Å². The van der Waals surface area contributed by atoms with E-state index < -0.39 is 11.5 Å². The first kappa shape index (κ1) is 17.0. The molecule has 1 aromatic rings. The maximum Gasteiger partial charge on any atom is 0.220 e. The molecule has 1 aromatic heterocycles. The number of likely N-dealkylation sites (tertiary alicyclic amines) is 1. The Bertz CT molecular complexity index is 498. The van der Waals surface area contributed by atoms with Crippen molar-refractivity contribution in [2.24, 2.45) is 5.73 Å². The molecule has 1 saturated heterocycles. The Morgan fingerprint density at radius 3 is 2.86 bits per heavy atom. The summed E-state index contributed by atoms with van der Waals surface area (Å²) in [5.41, 5.74) is 5.27. The summed E-state index contributed by atoms with van der Waals surface area (Å²) in [5, 5.41) is 15.1. The molecule has 1 amide bonds. The maximum atomic E-state index is 11.1. The fourth-order valence-electron chi connectivity index (χ4n) is 3.37. The third-order valence-electron chi connectivity index (χ3n) is 4.50. The van der Waals surface area contributed by atoms with Crippen molar-refractivity contribution < 1.29 is 9.90 Å². The molecule has 6 nitrogen and oxygen atoms in total. The number of carbonyl (C=O) groups is 1. The summed E-state index contributed by atoms with van der Waals surface area (Å²) < 4.78 is 2.04. The summed E-state index contributed by atoms with van der Waals surface area (Å²) in [4.78, 5) is 13.3. The number of β-amino-alcohol motifs (C(OH)–C–C–N with tert-alkyl or cyclic N) is 1. The topological polar surface area (TPSA) is 84.4 Å². The van der Waals surface area contributed by atoms with Gasteiger partial charge in [-0.1, -0.05) is 13.8 Å². The first-order valence-electron chi connectivity index (χ1n) is 8.23. The highest BCUT2D eigenvalue weighted by Gasteiger charge is 2.34. The maximum absolute atomic E-state index is 11.1. The zero-order valence-corrected chi connectivity index (χ0v) is 13.7. The average Bonchev–Trinajstić information content (AvgIpc) is 2.87. The van der Waals surface area contributed by atoms with E-state index in [9.17, 15) is 9.90 Å². The molecule has 1 unspecified atom stereocenters. The Morgan fingerprint density at radius 2 is 2.23 bits per heavy atom. The van der Waals surface area contributed by atoms with Crippen molar-refractivity contribution in [2.75, 3.05) is 13.1 Å². The van der Waals surface area contributed by atoms with Crippen LogP contribution in [0.25, 0.3) is 0 Å². The molecule has 0 bridgehead atoms. The summed E-state index contributed by atoms with van der Waals surface area (Å²) in [6.07, 6.45) is 5.71. The van der Waals surface area contributed by atoms with E-state index >= 15 is 0 Å². The summed E-state index contributed by atoms with van der Waals surface area (Å²) in [6, 6.07) is 2.49. The minimum Gasteiger partial charge on any atom is -0.388 e. The van der Waals surface area contributed by atoms with Gasteiger partial charge in [0.05, 0.1) is 23.8 Å². The molecule has 1 atom stereocenters. The molecule has 1 aliphatic rings. The van der Waals surface area contributed by atoms with Crippen LogP contribution in [0.5, 0.6) is 0 Å². The Labute approximate surface area is 132 Å². The molecule has 0 aromatic carbocycles. The summed E-state index contributed by atoms with van der Waals surface area (Å²) in [7, 11) is 0. The van der Waals surface area contributed by atoms with Gasteiger partial charge in [-0.25, -0.2) is 0 Å². The number of hydrogen-bond donors (Lipinski definition) is 2. The van der Waals surface area contributed by atoms with Gasteiger partial charge in [0.1, 0.15) is 0 Å². The van der Waals surface area contributed by atoms with Crippen LogP contribution in [0.2, 0.25) is 0 Å². The van der Waals surface area contributed by atoms with Crippen molar-refractivity contribution in [3.05, 3.63) is 18.0 Å². The van der Waals surface area contributed by atoms with Crippen LogP contribution in [0.4, 0.5) is 0 Å². The van der Waals surface area contributed by atoms with Crippen molar-refractivity contribution in [1.82, 2.24) is 14.7 Å². The minimum absolute atomic E-state index is 0.0334. The van der Waals surface area contributed by atoms with Crippen LogP contribution in [0.1, 0.15) is 57.7 Å². The second-order valence-electron chi connectivity index (χ2n) is 6.44. The van der Waals surface area contributed by atoms with E-state index in [0.717, 1.165) is 31.5 Å². The normalized spacial score (nSPS) is 23.1. The third kappa shape index (κ3) is 4.30. The number of nitrogens with two attached hydrogens (primary N) is 1. The van der Waals surface area contributed by atoms with E-state index in [0.29, 0.717) is 25.6 Å². The van der Waals surface area contributed by atoms with Gasteiger partial charge < -0.3 is 10.8 Å². The number of carbonyl (C=O) groups excluding carboxylic acids is 1. The standard InChI is InChI=1S/C16H28N4O2/c1-3-14(4-2)20-9-6-13(18-20)11-19-8-5-7-16(22,12-19)10-15(17)21/h6,9,14,22H,3-5,7-8,10-12H2,1-2H3,(H2,17,21). The molecular formula is C16H28N4O2. The predicted molar refractivity (Wildman–Crippen MR) is 85.1 cm³/mol. The molecule has 1 fully saturated rings. The largest absolute Gasteiger partial charge is 0.388 e. The van der Waals surface area contributed by atoms with E-state index in [-0.39, 0.29) is 6.42 Å². The van der Waals surface area contributed by atoms with Crippen LogP contribution in [0.3, 0.4) is 0 Å². The van der Waals surface area contributed by atoms with Crippen molar-refractivity contribution in [1.29, 1.82) is 0 Å². The fraction of sp³-hybridized carbons (Fsp3) is 0.750. The molecule has 0 spiro atoms. The molecule has 22 heavy (non-hydrogen) atoms. The van der Waals surface area contributed by atoms with Gasteiger partial charge in [-0.05, 0) is 38.3 Å². The number of rotatable bonds is 7. The van der Waals surface area contributed by atoms with E-state index in [1.54, 1.807) is 0 Å². The van der Waals surface area contributed by atoms with Gasteiger partial charge in [0.2, 0.25) is 5.91 Å². The van der Waals surface area contributed by atoms with Crippen molar-refractivity contribution in [3.63, 3.8) is 0 Å². The number of aromatic nitrogens is 2. The third-order valence-corrected chi connectivity index (χ3v) is 4.50. The van der Waals surface area contributed by atoms with Crippen LogP contribution >= 0.6 is 0 Å². The summed E-state index contributed by atoms with van der Waals surface area (Å²) in [6.45, 7) is 6.44. The number of primary amides is 1. The molecule has 0 aliphatic carbocycles. The highest BCUT2D eigenvalue weighted by molar-refractivity contribution is 5.75. The lowest BCUT2D eigenvalue weighted by Crippen LogP contribution is -2.49. The summed E-state index contributed by atoms with van der Waals surface area (Å²) >= 11 is 0. The van der Waals surface area contributed by atoms with Crippen molar-refractivity contribution in [3.8, 4) is 0 Å². The fourth-order valence-corrected chi connectivity index (χ4v) is 3.37. The van der Waals surface area contributed by atoms with Crippen LogP contribution in [0, 0.1) is 0 Å². The molecule has 1 aliphatic heterocycles. The Hall–Kier alpha value is -1.40. The zero-order valence-electron chi connectivity index (χ0n) is 13.7. The molecule has 6 heteroatoms. The minimum atomic E-state index is -0.984. The first-order valence-corrected chi connectivity index (χ1v) is 8.23. The Kier molecular flexibility index (Phi) is 5.58. The van der Waals surface area contributed by atoms with Crippen molar-refractivity contribution >= 4 is 5.91 Å². The molecule has 0 saturated carbocycles. The monoisotopic (exact) mass is 308 g/mol. The van der Waals surface area contributed by atoms with Gasteiger partial charge in [-0.15, -0.1) is 0 Å². The van der Waals surface area contributed by atoms with Crippen LogP contribution in [0.15, 0.2) is 12.3 Å². The lowest BCUT2D eigenvalue weighted by molar-refractivity contribution is -0.125. The predicted octanol–water partition coefficient (Wildman–Crippen LogP) is 1.45. The molecule has 3 N–H and O–H groups in total. The lowest BCUT2D eigenvalue weighted by atomic mass is 9.89. The van der Waals surface area contributed by atoms with E-state index in [1.807, 2.05) is 16.9 Å². The molecule has 2 heterocycles. The number of amides is 1. The van der Waals surface area contributed by atoms with Gasteiger partial charge >= 0.3 is 0 Å². The van der Waals surface area contributed by atoms with E-state index in [2.05, 4.69) is 23.8 Å². The van der Waals surface area contributed by atoms with Crippen LogP contribution in [-0.2, 0) is 11.3 Å². The number of aliphatic hydroxyl groups is 1. The second kappa shape index (κ2) is 7.24. The lowest BCUT2D eigenvalue weighted by Gasteiger charge is -2.38. The highest BCUT2D eigenvalue weighted by atomic mass is 16.3. The number of piperidine rings is 1. The molecule has 0 radical (unpaired) electrons. The molecule has 124 valence electrons. The highest BCUT2D eigenvalue weighted by Crippen LogP contribution is 2.25. The van der Waals surface area contributed by atoms with Gasteiger partial charge in [0.25, 0.3) is 0 Å². The Morgan fingerprint density at radius 1 is 1.50 bits per heavy atom. The van der Waals surface area contributed by atoms with E-state index in [1.165, 1.54) is 0 Å². The van der Waals surface area contributed by atoms with Crippen LogP contribution in [-0.4, -0.2) is 44.4 Å². The van der Waals surface area contributed by atoms with Gasteiger partial charge in [-0.2, -0.15) is 5.10 Å². The Balaban J connectivity index is 1.97. The summed E-state index contributed by atoms with van der Waals surface area (Å²) in [5.74, 6) is -0.442. The first-order chi connectivity index (χ1) is 10.5. The molecule has 2 rings (SSSR count). The molecular weight excluding hydrogens is 280 g/mol. The van der Waals surface area contributed by atoms with E-state index in [4.69, 9.17) is 5.73 Å².